The Morgan fingerprint density at radius 3 is 2.38 bits per heavy atom. The number of rotatable bonds is 8. The first-order valence-corrected chi connectivity index (χ1v) is 16.2. The minimum Gasteiger partial charge on any atom is -0.472 e. The van der Waals surface area contributed by atoms with Crippen LogP contribution in [0, 0.1) is 6.92 Å². The van der Waals surface area contributed by atoms with Crippen molar-refractivity contribution in [3.05, 3.63) is 114 Å². The molecule has 1 aliphatic rings. The third-order valence-electron chi connectivity index (χ3n) is 9.01. The molecule has 1 aliphatic heterocycles. The van der Waals surface area contributed by atoms with Crippen LogP contribution in [0.2, 0.25) is 0 Å². The van der Waals surface area contributed by atoms with E-state index in [4.69, 9.17) is 19.1 Å². The molecule has 1 saturated heterocycles. The number of furan rings is 1. The number of benzene rings is 3. The molecule has 0 aliphatic carbocycles. The monoisotopic (exact) mass is 680 g/mol. The van der Waals surface area contributed by atoms with Gasteiger partial charge < -0.3 is 23.9 Å². The molecule has 0 spiro atoms. The van der Waals surface area contributed by atoms with Crippen LogP contribution in [0.1, 0.15) is 27.0 Å². The molecule has 0 radical (unpaired) electrons. The number of nitrogens with zero attached hydrogens (tertiary/aromatic N) is 5. The number of anilines is 1. The number of ether oxygens (including phenoxy) is 1. The number of piperazine rings is 1. The standard InChI is InChI=1S/C38H35F3N6O3/c1-24-4-5-27(36(48)42-30-11-10-28(31(21-30)38(39,40)41)22-47-17-15-45(2)16-18-47)20-33(24)50-37-34-32(12-14-46(34)3)43-35(44-37)26-8-6-25(7-9-26)29-13-19-49-23-29/h4-14,19-21,23H,15-18,22H2,1-3H3,(H,42,48). The van der Waals surface area contributed by atoms with E-state index in [9.17, 15) is 18.0 Å². The summed E-state index contributed by atoms with van der Waals surface area (Å²) in [6, 6.07) is 20.4. The highest BCUT2D eigenvalue weighted by Crippen LogP contribution is 2.36. The van der Waals surface area contributed by atoms with Crippen LogP contribution in [0.4, 0.5) is 18.9 Å². The van der Waals surface area contributed by atoms with Gasteiger partial charge in [0.25, 0.3) is 5.91 Å². The summed E-state index contributed by atoms with van der Waals surface area (Å²) in [4.78, 5) is 27.1. The Morgan fingerprint density at radius 1 is 0.900 bits per heavy atom. The zero-order chi connectivity index (χ0) is 35.0. The number of alkyl halides is 3. The van der Waals surface area contributed by atoms with Gasteiger partial charge in [-0.25, -0.2) is 4.98 Å². The summed E-state index contributed by atoms with van der Waals surface area (Å²) in [5.41, 5.74) is 4.49. The van der Waals surface area contributed by atoms with Gasteiger partial charge in [-0.15, -0.1) is 0 Å². The number of hydrogen-bond acceptors (Lipinski definition) is 7. The molecule has 1 amide bonds. The summed E-state index contributed by atoms with van der Waals surface area (Å²) in [5, 5.41) is 2.65. The second-order valence-electron chi connectivity index (χ2n) is 12.6. The average Bonchev–Trinajstić information content (AvgIpc) is 3.77. The highest BCUT2D eigenvalue weighted by Gasteiger charge is 2.34. The van der Waals surface area contributed by atoms with Gasteiger partial charge in [-0.05, 0) is 67.1 Å². The number of fused-ring (bicyclic) bond motifs is 1. The van der Waals surface area contributed by atoms with E-state index in [1.807, 2.05) is 73.1 Å². The van der Waals surface area contributed by atoms with E-state index in [1.165, 1.54) is 12.1 Å². The maximum atomic E-state index is 14.2. The number of carbonyl (C=O) groups is 1. The summed E-state index contributed by atoms with van der Waals surface area (Å²) >= 11 is 0. The maximum absolute atomic E-state index is 14.2. The largest absolute Gasteiger partial charge is 0.472 e. The first kappa shape index (κ1) is 33.1. The van der Waals surface area contributed by atoms with Crippen LogP contribution in [0.15, 0.2) is 95.9 Å². The van der Waals surface area contributed by atoms with E-state index >= 15 is 0 Å². The highest BCUT2D eigenvalue weighted by atomic mass is 19.4. The van der Waals surface area contributed by atoms with E-state index in [0.717, 1.165) is 41.4 Å². The number of halogens is 3. The molecule has 0 bridgehead atoms. The van der Waals surface area contributed by atoms with E-state index < -0.39 is 17.6 Å². The van der Waals surface area contributed by atoms with Crippen LogP contribution in [0.5, 0.6) is 11.6 Å². The second-order valence-corrected chi connectivity index (χ2v) is 12.6. The molecule has 256 valence electrons. The minimum absolute atomic E-state index is 0.0530. The van der Waals surface area contributed by atoms with Gasteiger partial charge in [0.1, 0.15) is 11.3 Å². The molecule has 6 aromatic rings. The predicted octanol–water partition coefficient (Wildman–Crippen LogP) is 8.01. The lowest BCUT2D eigenvalue weighted by Gasteiger charge is -2.33. The van der Waals surface area contributed by atoms with Crippen molar-refractivity contribution in [2.75, 3.05) is 38.5 Å². The highest BCUT2D eigenvalue weighted by molar-refractivity contribution is 6.04. The van der Waals surface area contributed by atoms with E-state index in [1.54, 1.807) is 30.7 Å². The van der Waals surface area contributed by atoms with Crippen molar-refractivity contribution in [3.8, 4) is 34.1 Å². The fraction of sp³-hybridized carbons (Fsp3) is 0.237. The van der Waals surface area contributed by atoms with Crippen LogP contribution < -0.4 is 10.1 Å². The van der Waals surface area contributed by atoms with Crippen LogP contribution >= 0.6 is 0 Å². The molecule has 9 nitrogen and oxygen atoms in total. The Morgan fingerprint density at radius 2 is 1.66 bits per heavy atom. The van der Waals surface area contributed by atoms with Gasteiger partial charge in [0.2, 0.25) is 5.88 Å². The quantitative estimate of drug-likeness (QED) is 0.174. The Kier molecular flexibility index (Phi) is 8.89. The number of likely N-dealkylation sites (N-methyl/N-ethyl adjacent to an activating group) is 1. The molecule has 4 heterocycles. The fourth-order valence-electron chi connectivity index (χ4n) is 6.06. The van der Waals surface area contributed by atoms with Gasteiger partial charge in [0.15, 0.2) is 5.82 Å². The molecular weight excluding hydrogens is 645 g/mol. The van der Waals surface area contributed by atoms with Crippen molar-refractivity contribution < 1.29 is 27.1 Å². The minimum atomic E-state index is -4.58. The lowest BCUT2D eigenvalue weighted by atomic mass is 10.0. The van der Waals surface area contributed by atoms with Crippen molar-refractivity contribution in [1.29, 1.82) is 0 Å². The van der Waals surface area contributed by atoms with Gasteiger partial charge in [-0.2, -0.15) is 18.2 Å². The van der Waals surface area contributed by atoms with E-state index in [-0.39, 0.29) is 23.4 Å². The summed E-state index contributed by atoms with van der Waals surface area (Å²) < 4.78 is 55.9. The molecule has 12 heteroatoms. The van der Waals surface area contributed by atoms with E-state index in [0.29, 0.717) is 41.6 Å². The van der Waals surface area contributed by atoms with E-state index in [2.05, 4.69) is 10.2 Å². The van der Waals surface area contributed by atoms with Crippen LogP contribution in [0.25, 0.3) is 33.5 Å². The number of hydrogen-bond donors (Lipinski definition) is 1. The SMILES string of the molecule is Cc1ccc(C(=O)Nc2ccc(CN3CCN(C)CC3)c(C(F)(F)F)c2)cc1Oc1nc(-c2ccc(-c3ccoc3)cc2)nc2ccn(C)c12. The van der Waals surface area contributed by atoms with Crippen molar-refractivity contribution in [3.63, 3.8) is 0 Å². The molecule has 3 aromatic heterocycles. The van der Waals surface area contributed by atoms with Crippen LogP contribution in [-0.4, -0.2) is 63.5 Å². The van der Waals surface area contributed by atoms with Gasteiger partial charge >= 0.3 is 6.18 Å². The maximum Gasteiger partial charge on any atom is 0.416 e. The Balaban J connectivity index is 1.13. The normalized spacial score (nSPS) is 14.3. The third-order valence-corrected chi connectivity index (χ3v) is 9.01. The molecule has 0 saturated carbocycles. The van der Waals surface area contributed by atoms with Crippen molar-refractivity contribution in [2.24, 2.45) is 7.05 Å². The lowest BCUT2D eigenvalue weighted by Crippen LogP contribution is -2.44. The van der Waals surface area contributed by atoms with Gasteiger partial charge in [0, 0.05) is 68.3 Å². The summed E-state index contributed by atoms with van der Waals surface area (Å²) in [5.74, 6) is 0.557. The number of aryl methyl sites for hydroxylation is 2. The Hall–Kier alpha value is -5.46. The van der Waals surface area contributed by atoms with Gasteiger partial charge in [-0.3, -0.25) is 9.69 Å². The zero-order valence-corrected chi connectivity index (χ0v) is 27.8. The van der Waals surface area contributed by atoms with Crippen molar-refractivity contribution >= 4 is 22.6 Å². The molecule has 3 aromatic carbocycles. The molecule has 7 rings (SSSR count). The predicted molar refractivity (Wildman–Crippen MR) is 185 cm³/mol. The van der Waals surface area contributed by atoms with Gasteiger partial charge in [-0.1, -0.05) is 36.4 Å². The molecule has 1 fully saturated rings. The second kappa shape index (κ2) is 13.4. The topological polar surface area (TPSA) is 88.7 Å². The lowest BCUT2D eigenvalue weighted by molar-refractivity contribution is -0.138. The first-order chi connectivity index (χ1) is 24.0. The van der Waals surface area contributed by atoms with Crippen LogP contribution in [0.3, 0.4) is 0 Å². The summed E-state index contributed by atoms with van der Waals surface area (Å²) in [6.07, 6.45) is 0.585. The fourth-order valence-corrected chi connectivity index (χ4v) is 6.06. The Labute approximate surface area is 286 Å². The van der Waals surface area contributed by atoms with Crippen molar-refractivity contribution in [2.45, 2.75) is 19.6 Å². The average molecular weight is 681 g/mol. The molecular formula is C38H35F3N6O3. The van der Waals surface area contributed by atoms with Gasteiger partial charge in [0.05, 0.1) is 23.6 Å². The zero-order valence-electron chi connectivity index (χ0n) is 27.8. The van der Waals surface area contributed by atoms with Crippen molar-refractivity contribution in [1.82, 2.24) is 24.3 Å². The third kappa shape index (κ3) is 6.98. The molecule has 0 atom stereocenters. The number of carbonyl (C=O) groups excluding carboxylic acids is 1. The number of aromatic nitrogens is 3. The smallest absolute Gasteiger partial charge is 0.416 e. The summed E-state index contributed by atoms with van der Waals surface area (Å²) in [7, 11) is 3.86. The number of amides is 1. The Bertz CT molecular complexity index is 2150. The molecule has 50 heavy (non-hydrogen) atoms. The first-order valence-electron chi connectivity index (χ1n) is 16.2. The number of nitrogens with one attached hydrogen (secondary N) is 1. The van der Waals surface area contributed by atoms with Crippen LogP contribution in [-0.2, 0) is 19.8 Å². The molecule has 1 N–H and O–H groups in total. The summed E-state index contributed by atoms with van der Waals surface area (Å²) in [6.45, 7) is 5.00. The molecule has 0 unspecified atom stereocenters.